The molecule has 1 aliphatic rings. The summed E-state index contributed by atoms with van der Waals surface area (Å²) in [6.07, 6.45) is 5.08. The molecule has 0 radical (unpaired) electrons. The normalized spacial score (nSPS) is 15.0. The van der Waals surface area contributed by atoms with Gasteiger partial charge < -0.3 is 4.90 Å². The van der Waals surface area contributed by atoms with Crippen LogP contribution in [0.4, 0.5) is 5.82 Å². The van der Waals surface area contributed by atoms with Crippen LogP contribution in [0.5, 0.6) is 0 Å². The van der Waals surface area contributed by atoms with E-state index in [4.69, 9.17) is 0 Å². The maximum absolute atomic E-state index is 12.8. The van der Waals surface area contributed by atoms with Crippen LogP contribution in [0.1, 0.15) is 37.2 Å². The number of aromatic nitrogens is 2. The second kappa shape index (κ2) is 6.36. The van der Waals surface area contributed by atoms with Crippen LogP contribution in [0, 0.1) is 0 Å². The van der Waals surface area contributed by atoms with E-state index in [0.29, 0.717) is 5.92 Å². The number of nitrogens with zero attached hydrogens (tertiary/aromatic N) is 3. The van der Waals surface area contributed by atoms with Crippen LogP contribution in [0.2, 0.25) is 0 Å². The molecule has 0 saturated heterocycles. The average Bonchev–Trinajstić information content (AvgIpc) is 3.16. The molecule has 0 N–H and O–H groups in total. The predicted molar refractivity (Wildman–Crippen MR) is 103 cm³/mol. The molecule has 4 nitrogen and oxygen atoms in total. The Morgan fingerprint density at radius 3 is 2.44 bits per heavy atom. The van der Waals surface area contributed by atoms with Gasteiger partial charge in [0.1, 0.15) is 5.82 Å². The van der Waals surface area contributed by atoms with Crippen LogP contribution < -0.4 is 10.6 Å². The van der Waals surface area contributed by atoms with Crippen molar-refractivity contribution in [3.05, 3.63) is 64.6 Å². The lowest BCUT2D eigenvalue weighted by atomic mass is 9.96. The molecule has 25 heavy (non-hydrogen) atoms. The van der Waals surface area contributed by atoms with Gasteiger partial charge in [0.15, 0.2) is 0 Å². The van der Waals surface area contributed by atoms with Crippen molar-refractivity contribution in [1.29, 1.82) is 0 Å². The van der Waals surface area contributed by atoms with Crippen molar-refractivity contribution in [2.45, 2.75) is 31.6 Å². The van der Waals surface area contributed by atoms with Gasteiger partial charge in [0, 0.05) is 19.5 Å². The standard InChI is InChI=1S/C21H23N3O/c1-23(2)20-18-13-12-16(15-8-6-7-9-15)14-19(18)24(21(25)22-20)17-10-4-3-5-11-17/h3-5,10-15H,6-9H2,1-2H3. The van der Waals surface area contributed by atoms with Gasteiger partial charge in [0.25, 0.3) is 0 Å². The number of para-hydroxylation sites is 1. The molecule has 0 amide bonds. The Balaban J connectivity index is 2.02. The highest BCUT2D eigenvalue weighted by Gasteiger charge is 2.20. The molecule has 1 heterocycles. The van der Waals surface area contributed by atoms with Crippen LogP contribution >= 0.6 is 0 Å². The summed E-state index contributed by atoms with van der Waals surface area (Å²) < 4.78 is 1.74. The third kappa shape index (κ3) is 2.82. The van der Waals surface area contributed by atoms with E-state index in [9.17, 15) is 4.79 Å². The lowest BCUT2D eigenvalue weighted by Crippen LogP contribution is -2.25. The van der Waals surface area contributed by atoms with E-state index >= 15 is 0 Å². The molecule has 1 aliphatic carbocycles. The second-order valence-electron chi connectivity index (χ2n) is 7.04. The number of hydrogen-bond acceptors (Lipinski definition) is 3. The first-order chi connectivity index (χ1) is 12.1. The third-order valence-electron chi connectivity index (χ3n) is 5.16. The van der Waals surface area contributed by atoms with E-state index in [-0.39, 0.29) is 5.69 Å². The minimum Gasteiger partial charge on any atom is -0.362 e. The topological polar surface area (TPSA) is 38.1 Å². The monoisotopic (exact) mass is 333 g/mol. The molecule has 4 heteroatoms. The second-order valence-corrected chi connectivity index (χ2v) is 7.04. The number of rotatable bonds is 3. The van der Waals surface area contributed by atoms with Crippen molar-refractivity contribution in [1.82, 2.24) is 9.55 Å². The molecule has 0 atom stereocenters. The zero-order valence-electron chi connectivity index (χ0n) is 14.8. The third-order valence-corrected chi connectivity index (χ3v) is 5.16. The first-order valence-corrected chi connectivity index (χ1v) is 8.94. The van der Waals surface area contributed by atoms with Crippen LogP contribution in [-0.2, 0) is 0 Å². The Kier molecular flexibility index (Phi) is 4.04. The molecule has 0 spiro atoms. The predicted octanol–water partition coefficient (Wildman–Crippen LogP) is 4.11. The number of fused-ring (bicyclic) bond motifs is 1. The molecular weight excluding hydrogens is 310 g/mol. The SMILES string of the molecule is CN(C)c1nc(=O)n(-c2ccccc2)c2cc(C3CCCC3)ccc12. The summed E-state index contributed by atoms with van der Waals surface area (Å²) in [4.78, 5) is 19.1. The largest absolute Gasteiger partial charge is 0.362 e. The van der Waals surface area contributed by atoms with Crippen molar-refractivity contribution in [3.63, 3.8) is 0 Å². The summed E-state index contributed by atoms with van der Waals surface area (Å²) in [6, 6.07) is 16.3. The van der Waals surface area contributed by atoms with E-state index in [2.05, 4.69) is 23.2 Å². The van der Waals surface area contributed by atoms with Gasteiger partial charge in [-0.15, -0.1) is 0 Å². The van der Waals surface area contributed by atoms with Gasteiger partial charge in [-0.2, -0.15) is 4.98 Å². The van der Waals surface area contributed by atoms with Crippen LogP contribution in [0.25, 0.3) is 16.6 Å². The molecule has 2 aromatic carbocycles. The molecule has 3 aromatic rings. The summed E-state index contributed by atoms with van der Waals surface area (Å²) in [5, 5.41) is 1.01. The van der Waals surface area contributed by atoms with Crippen molar-refractivity contribution in [2.24, 2.45) is 0 Å². The smallest absolute Gasteiger partial charge is 0.354 e. The van der Waals surface area contributed by atoms with Gasteiger partial charge in [-0.1, -0.05) is 37.1 Å². The summed E-state index contributed by atoms with van der Waals surface area (Å²) in [5.41, 5.74) is 2.91. The summed E-state index contributed by atoms with van der Waals surface area (Å²) in [6.45, 7) is 0. The zero-order valence-corrected chi connectivity index (χ0v) is 14.8. The maximum atomic E-state index is 12.8. The Bertz CT molecular complexity index is 954. The molecule has 4 rings (SSSR count). The van der Waals surface area contributed by atoms with E-state index in [0.717, 1.165) is 22.4 Å². The zero-order chi connectivity index (χ0) is 17.4. The quantitative estimate of drug-likeness (QED) is 0.724. The summed E-state index contributed by atoms with van der Waals surface area (Å²) >= 11 is 0. The maximum Gasteiger partial charge on any atom is 0.354 e. The average molecular weight is 333 g/mol. The van der Waals surface area contributed by atoms with Gasteiger partial charge in [-0.3, -0.25) is 4.57 Å². The van der Waals surface area contributed by atoms with Crippen LogP contribution in [0.3, 0.4) is 0 Å². The molecule has 1 aromatic heterocycles. The highest BCUT2D eigenvalue weighted by atomic mass is 16.1. The first-order valence-electron chi connectivity index (χ1n) is 8.94. The minimum atomic E-state index is -0.231. The first kappa shape index (κ1) is 15.9. The van der Waals surface area contributed by atoms with Crippen LogP contribution in [-0.4, -0.2) is 23.6 Å². The molecule has 0 unspecified atom stereocenters. The molecule has 128 valence electrons. The van der Waals surface area contributed by atoms with E-state index in [1.807, 2.05) is 49.3 Å². The molecule has 1 fully saturated rings. The van der Waals surface area contributed by atoms with Crippen LogP contribution in [0.15, 0.2) is 53.3 Å². The highest BCUT2D eigenvalue weighted by molar-refractivity contribution is 5.91. The minimum absolute atomic E-state index is 0.231. The van der Waals surface area contributed by atoms with E-state index in [1.54, 1.807) is 4.57 Å². The fourth-order valence-corrected chi connectivity index (χ4v) is 3.91. The molecule has 1 saturated carbocycles. The fraction of sp³-hybridized carbons (Fsp3) is 0.333. The summed E-state index contributed by atoms with van der Waals surface area (Å²) in [5.74, 6) is 1.34. The Hall–Kier alpha value is -2.62. The van der Waals surface area contributed by atoms with Gasteiger partial charge >= 0.3 is 5.69 Å². The van der Waals surface area contributed by atoms with Gasteiger partial charge in [-0.05, 0) is 48.6 Å². The number of benzene rings is 2. The van der Waals surface area contributed by atoms with Gasteiger partial charge in [-0.25, -0.2) is 4.79 Å². The van der Waals surface area contributed by atoms with E-state index in [1.165, 1.54) is 31.2 Å². The van der Waals surface area contributed by atoms with Gasteiger partial charge in [0.05, 0.1) is 11.2 Å². The summed E-state index contributed by atoms with van der Waals surface area (Å²) in [7, 11) is 3.86. The number of anilines is 1. The lowest BCUT2D eigenvalue weighted by Gasteiger charge is -2.19. The Morgan fingerprint density at radius 2 is 1.76 bits per heavy atom. The van der Waals surface area contributed by atoms with Gasteiger partial charge in [0.2, 0.25) is 0 Å². The fourth-order valence-electron chi connectivity index (χ4n) is 3.91. The van der Waals surface area contributed by atoms with Crippen molar-refractivity contribution in [3.8, 4) is 5.69 Å². The van der Waals surface area contributed by atoms with Crippen molar-refractivity contribution in [2.75, 3.05) is 19.0 Å². The molecule has 0 bridgehead atoms. The Morgan fingerprint density at radius 1 is 1.04 bits per heavy atom. The van der Waals surface area contributed by atoms with Crippen molar-refractivity contribution >= 4 is 16.7 Å². The number of hydrogen-bond donors (Lipinski definition) is 0. The Labute approximate surface area is 147 Å². The lowest BCUT2D eigenvalue weighted by molar-refractivity contribution is 0.723. The molecule has 0 aliphatic heterocycles. The highest BCUT2D eigenvalue weighted by Crippen LogP contribution is 2.36. The van der Waals surface area contributed by atoms with Crippen molar-refractivity contribution < 1.29 is 0 Å². The van der Waals surface area contributed by atoms with E-state index < -0.39 is 0 Å². The molecular formula is C21H23N3O.